The first-order chi connectivity index (χ1) is 10.6. The number of rotatable bonds is 4. The molecule has 0 spiro atoms. The maximum Gasteiger partial charge on any atom is 0.161 e. The number of alkyl halides is 6. The van der Waals surface area contributed by atoms with Gasteiger partial charge in [0.25, 0.3) is 0 Å². The third-order valence-corrected chi connectivity index (χ3v) is 14.1. The van der Waals surface area contributed by atoms with Gasteiger partial charge in [0.15, 0.2) is 2.14 Å². The Bertz CT molecular complexity index is 635. The summed E-state index contributed by atoms with van der Waals surface area (Å²) < 4.78 is -1.63. The summed E-state index contributed by atoms with van der Waals surface area (Å²) in [6.45, 7) is 2.22. The van der Waals surface area contributed by atoms with E-state index >= 15 is 0 Å². The largest absolute Gasteiger partial charge is 0.161 e. The van der Waals surface area contributed by atoms with Crippen LogP contribution in [-0.2, 0) is 4.32 Å². The van der Waals surface area contributed by atoms with Gasteiger partial charge in [-0.25, -0.2) is 0 Å². The molecule has 0 aliphatic heterocycles. The molecule has 0 nitrogen and oxygen atoms in total. The van der Waals surface area contributed by atoms with E-state index in [2.05, 4.69) is 151 Å². The third-order valence-electron chi connectivity index (χ3n) is 3.90. The van der Waals surface area contributed by atoms with Gasteiger partial charge in [0.2, 0.25) is 0 Å². The average molecular weight is 698 g/mol. The van der Waals surface area contributed by atoms with Gasteiger partial charge in [-0.3, -0.25) is 0 Å². The van der Waals surface area contributed by atoms with Crippen LogP contribution in [0.2, 0.25) is 0 Å². The van der Waals surface area contributed by atoms with Crippen molar-refractivity contribution < 1.29 is 0 Å². The Labute approximate surface area is 188 Å². The van der Waals surface area contributed by atoms with E-state index in [9.17, 15) is 0 Å². The highest BCUT2D eigenvalue weighted by atomic mass is 80.0. The highest BCUT2D eigenvalue weighted by Crippen LogP contribution is 2.67. The number of hydrogen-bond donors (Lipinski definition) is 0. The smallest absolute Gasteiger partial charge is 0.0768 e. The van der Waals surface area contributed by atoms with Crippen molar-refractivity contribution >= 4 is 95.6 Å². The summed E-state index contributed by atoms with van der Waals surface area (Å²) in [7, 11) is 0. The molecule has 0 heterocycles. The quantitative estimate of drug-likeness (QED) is 0.282. The summed E-state index contributed by atoms with van der Waals surface area (Å²) in [6, 6.07) is 20.9. The molecular formula is C17H14Br6. The second-order valence-corrected chi connectivity index (χ2v) is 16.7. The van der Waals surface area contributed by atoms with Crippen molar-refractivity contribution in [3.8, 4) is 0 Å². The standard InChI is InChI=1S/C17H14Br6/c1-12(13-8-4-2-5-9-13)15(18,14-10-6-3-7-11-14)16(19,20)17(21,22)23/h2-12H,1H3. The summed E-state index contributed by atoms with van der Waals surface area (Å²) in [5.41, 5.74) is 2.40. The zero-order valence-corrected chi connectivity index (χ0v) is 21.6. The van der Waals surface area contributed by atoms with E-state index in [0.29, 0.717) is 0 Å². The van der Waals surface area contributed by atoms with Gasteiger partial charge < -0.3 is 0 Å². The molecule has 23 heavy (non-hydrogen) atoms. The zero-order chi connectivity index (χ0) is 17.3. The van der Waals surface area contributed by atoms with E-state index in [4.69, 9.17) is 0 Å². The number of benzene rings is 2. The maximum absolute atomic E-state index is 4.07. The number of hydrogen-bond acceptors (Lipinski definition) is 0. The lowest BCUT2D eigenvalue weighted by Gasteiger charge is -2.48. The van der Waals surface area contributed by atoms with Crippen LogP contribution in [0, 0.1) is 0 Å². The summed E-state index contributed by atoms with van der Waals surface area (Å²) in [4.78, 5) is 0. The van der Waals surface area contributed by atoms with Crippen LogP contribution >= 0.6 is 95.6 Å². The average Bonchev–Trinajstić information content (AvgIpc) is 2.53. The minimum atomic E-state index is -0.587. The molecule has 0 aliphatic carbocycles. The second-order valence-electron chi connectivity index (χ2n) is 5.28. The van der Waals surface area contributed by atoms with Gasteiger partial charge in [-0.15, -0.1) is 0 Å². The van der Waals surface area contributed by atoms with Gasteiger partial charge in [0, 0.05) is 5.92 Å². The normalized spacial score (nSPS) is 16.7. The lowest BCUT2D eigenvalue weighted by Crippen LogP contribution is -2.49. The van der Waals surface area contributed by atoms with Crippen molar-refractivity contribution in [1.29, 1.82) is 0 Å². The van der Waals surface area contributed by atoms with E-state index in [0.717, 1.165) is 5.56 Å². The first-order valence-electron chi connectivity index (χ1n) is 6.86. The minimum Gasteiger partial charge on any atom is -0.0768 e. The van der Waals surface area contributed by atoms with Gasteiger partial charge in [-0.05, 0) is 11.1 Å². The van der Waals surface area contributed by atoms with E-state index in [-0.39, 0.29) is 5.92 Å². The SMILES string of the molecule is CC(c1ccccc1)C(Br)(c1ccccc1)C(Br)(Br)C(Br)(Br)Br. The molecule has 2 atom stereocenters. The minimum absolute atomic E-state index is 0.164. The Morgan fingerprint density at radius 1 is 0.696 bits per heavy atom. The van der Waals surface area contributed by atoms with Crippen molar-refractivity contribution in [2.75, 3.05) is 0 Å². The first kappa shape index (κ1) is 20.6. The highest BCUT2D eigenvalue weighted by Gasteiger charge is 2.60. The Morgan fingerprint density at radius 2 is 1.13 bits per heavy atom. The van der Waals surface area contributed by atoms with Gasteiger partial charge >= 0.3 is 0 Å². The van der Waals surface area contributed by atoms with Crippen LogP contribution in [0.1, 0.15) is 24.0 Å². The lowest BCUT2D eigenvalue weighted by molar-refractivity contribution is 0.510. The summed E-state index contributed by atoms with van der Waals surface area (Å²) >= 11 is 22.9. The molecule has 0 bridgehead atoms. The maximum atomic E-state index is 4.07. The molecule has 0 radical (unpaired) electrons. The van der Waals surface area contributed by atoms with E-state index in [1.165, 1.54) is 5.56 Å². The monoisotopic (exact) mass is 692 g/mol. The molecule has 6 heteroatoms. The second kappa shape index (κ2) is 7.91. The predicted octanol–water partition coefficient (Wildman–Crippen LogP) is 8.41. The van der Waals surface area contributed by atoms with E-state index in [1.807, 2.05) is 12.1 Å². The fourth-order valence-corrected chi connectivity index (χ4v) is 6.27. The lowest BCUT2D eigenvalue weighted by atomic mass is 9.80. The third kappa shape index (κ3) is 4.02. The van der Waals surface area contributed by atoms with E-state index < -0.39 is 9.70 Å². The van der Waals surface area contributed by atoms with Crippen LogP contribution in [0.15, 0.2) is 60.7 Å². The Hall–Kier alpha value is 1.32. The van der Waals surface area contributed by atoms with E-state index in [1.54, 1.807) is 0 Å². The van der Waals surface area contributed by atoms with Gasteiger partial charge in [0.05, 0.1) is 4.32 Å². The molecule has 0 fully saturated rings. The van der Waals surface area contributed by atoms with Crippen molar-refractivity contribution in [3.05, 3.63) is 71.8 Å². The van der Waals surface area contributed by atoms with Gasteiger partial charge in [-0.2, -0.15) is 0 Å². The molecule has 2 aromatic rings. The molecule has 2 rings (SSSR count). The highest BCUT2D eigenvalue weighted by molar-refractivity contribution is 9.41. The molecule has 0 amide bonds. The molecular weight excluding hydrogens is 684 g/mol. The fourth-order valence-electron chi connectivity index (χ4n) is 2.56. The fraction of sp³-hybridized carbons (Fsp3) is 0.294. The molecule has 2 aromatic carbocycles. The van der Waals surface area contributed by atoms with Crippen LogP contribution in [0.25, 0.3) is 0 Å². The van der Waals surface area contributed by atoms with Crippen LogP contribution in [0.5, 0.6) is 0 Å². The summed E-state index contributed by atoms with van der Waals surface area (Å²) in [6.07, 6.45) is 0. The molecule has 0 saturated carbocycles. The molecule has 124 valence electrons. The van der Waals surface area contributed by atoms with Crippen LogP contribution in [0.4, 0.5) is 0 Å². The molecule has 2 unspecified atom stereocenters. The van der Waals surface area contributed by atoms with Crippen LogP contribution in [0.3, 0.4) is 0 Å². The predicted molar refractivity (Wildman–Crippen MR) is 122 cm³/mol. The Balaban J connectivity index is 2.66. The first-order valence-corrected chi connectivity index (χ1v) is 11.6. The summed E-state index contributed by atoms with van der Waals surface area (Å²) in [5, 5.41) is 0. The molecule has 0 aromatic heterocycles. The topological polar surface area (TPSA) is 0 Å². The Morgan fingerprint density at radius 3 is 1.57 bits per heavy atom. The van der Waals surface area contributed by atoms with Crippen LogP contribution in [-0.4, -0.2) is 5.38 Å². The summed E-state index contributed by atoms with van der Waals surface area (Å²) in [5.74, 6) is 0.164. The van der Waals surface area contributed by atoms with Crippen molar-refractivity contribution in [3.63, 3.8) is 0 Å². The van der Waals surface area contributed by atoms with Crippen molar-refractivity contribution in [1.82, 2.24) is 0 Å². The van der Waals surface area contributed by atoms with Crippen LogP contribution < -0.4 is 0 Å². The molecule has 0 N–H and O–H groups in total. The molecule has 0 saturated heterocycles. The Kier molecular flexibility index (Phi) is 7.10. The van der Waals surface area contributed by atoms with Crippen molar-refractivity contribution in [2.24, 2.45) is 0 Å². The van der Waals surface area contributed by atoms with Gasteiger partial charge in [0.1, 0.15) is 3.23 Å². The molecule has 0 aliphatic rings. The van der Waals surface area contributed by atoms with Gasteiger partial charge in [-0.1, -0.05) is 163 Å². The zero-order valence-electron chi connectivity index (χ0n) is 12.1. The van der Waals surface area contributed by atoms with Crippen molar-refractivity contribution in [2.45, 2.75) is 22.5 Å². The number of halogens is 6.